The Balaban J connectivity index is 2.51. The number of aryl methyl sites for hydroxylation is 1. The van der Waals surface area contributed by atoms with Gasteiger partial charge in [-0.3, -0.25) is 4.79 Å². The van der Waals surface area contributed by atoms with Gasteiger partial charge in [0.15, 0.2) is 5.58 Å². The van der Waals surface area contributed by atoms with E-state index in [1.54, 1.807) is 0 Å². The number of ketones is 1. The molecular weight excluding hydrogens is 178 g/mol. The molecule has 0 aliphatic heterocycles. The van der Waals surface area contributed by atoms with Gasteiger partial charge in [-0.05, 0) is 25.5 Å². The minimum Gasteiger partial charge on any atom is -0.440 e. The lowest BCUT2D eigenvalue weighted by atomic mass is 10.2. The Morgan fingerprint density at radius 3 is 2.93 bits per heavy atom. The molecule has 0 aliphatic rings. The first-order valence-corrected chi connectivity index (χ1v) is 4.51. The predicted octanol–water partition coefficient (Wildman–Crippen LogP) is 2.27. The van der Waals surface area contributed by atoms with Gasteiger partial charge in [0.1, 0.15) is 11.3 Å². The number of benzene rings is 1. The summed E-state index contributed by atoms with van der Waals surface area (Å²) in [7, 11) is 0. The number of carbonyl (C=O) groups excluding carboxylic acids is 1. The molecule has 2 rings (SSSR count). The summed E-state index contributed by atoms with van der Waals surface area (Å²) in [6.45, 7) is 3.50. The van der Waals surface area contributed by atoms with Crippen LogP contribution >= 0.6 is 0 Å². The van der Waals surface area contributed by atoms with Crippen LogP contribution in [0.25, 0.3) is 11.1 Å². The maximum absolute atomic E-state index is 10.9. The lowest BCUT2D eigenvalue weighted by molar-refractivity contribution is -0.116. The first-order valence-electron chi connectivity index (χ1n) is 4.51. The third-order valence-electron chi connectivity index (χ3n) is 2.07. The van der Waals surface area contributed by atoms with Gasteiger partial charge in [0.2, 0.25) is 5.89 Å². The van der Waals surface area contributed by atoms with Crippen LogP contribution in [-0.2, 0) is 11.2 Å². The number of carbonyl (C=O) groups is 1. The standard InChI is InChI=1S/C11H11NO2/c1-7-4-3-5-9-11(7)12-10(14-9)6-8(2)13/h3-5H,6H2,1-2H3. The molecule has 1 aromatic heterocycles. The first-order chi connectivity index (χ1) is 6.66. The molecule has 72 valence electrons. The van der Waals surface area contributed by atoms with E-state index in [9.17, 15) is 4.79 Å². The van der Waals surface area contributed by atoms with Gasteiger partial charge < -0.3 is 4.42 Å². The van der Waals surface area contributed by atoms with Gasteiger partial charge in [0.05, 0.1) is 6.42 Å². The van der Waals surface area contributed by atoms with Crippen molar-refractivity contribution in [2.45, 2.75) is 20.3 Å². The monoisotopic (exact) mass is 189 g/mol. The maximum atomic E-state index is 10.9. The molecule has 0 amide bonds. The van der Waals surface area contributed by atoms with Crippen molar-refractivity contribution < 1.29 is 9.21 Å². The summed E-state index contributed by atoms with van der Waals surface area (Å²) >= 11 is 0. The highest BCUT2D eigenvalue weighted by Crippen LogP contribution is 2.18. The first kappa shape index (κ1) is 8.94. The number of hydrogen-bond donors (Lipinski definition) is 0. The third kappa shape index (κ3) is 1.53. The Labute approximate surface area is 81.7 Å². The van der Waals surface area contributed by atoms with Crippen molar-refractivity contribution in [3.63, 3.8) is 0 Å². The Bertz CT molecular complexity index is 485. The molecule has 0 N–H and O–H groups in total. The minimum atomic E-state index is 0.0641. The number of nitrogens with zero attached hydrogens (tertiary/aromatic N) is 1. The fourth-order valence-corrected chi connectivity index (χ4v) is 1.42. The van der Waals surface area contributed by atoms with Gasteiger partial charge in [-0.15, -0.1) is 0 Å². The van der Waals surface area contributed by atoms with Crippen LogP contribution in [0.5, 0.6) is 0 Å². The molecule has 0 saturated heterocycles. The van der Waals surface area contributed by atoms with Gasteiger partial charge in [-0.2, -0.15) is 0 Å². The lowest BCUT2D eigenvalue weighted by Crippen LogP contribution is -1.95. The van der Waals surface area contributed by atoms with Crippen LogP contribution in [0.1, 0.15) is 18.4 Å². The van der Waals surface area contributed by atoms with E-state index in [1.165, 1.54) is 6.92 Å². The number of rotatable bonds is 2. The second kappa shape index (κ2) is 3.25. The minimum absolute atomic E-state index is 0.0641. The van der Waals surface area contributed by atoms with Crippen molar-refractivity contribution in [2.75, 3.05) is 0 Å². The molecule has 0 radical (unpaired) electrons. The summed E-state index contributed by atoms with van der Waals surface area (Å²) in [5.41, 5.74) is 2.67. The third-order valence-corrected chi connectivity index (χ3v) is 2.07. The van der Waals surface area contributed by atoms with Crippen molar-refractivity contribution in [2.24, 2.45) is 0 Å². The Morgan fingerprint density at radius 2 is 2.29 bits per heavy atom. The van der Waals surface area contributed by atoms with Crippen LogP contribution in [0.4, 0.5) is 0 Å². The maximum Gasteiger partial charge on any atom is 0.202 e. The van der Waals surface area contributed by atoms with E-state index in [4.69, 9.17) is 4.42 Å². The highest BCUT2D eigenvalue weighted by molar-refractivity contribution is 5.80. The highest BCUT2D eigenvalue weighted by atomic mass is 16.3. The predicted molar refractivity (Wildman–Crippen MR) is 53.1 cm³/mol. The van der Waals surface area contributed by atoms with Gasteiger partial charge in [-0.25, -0.2) is 4.98 Å². The van der Waals surface area contributed by atoms with E-state index in [0.717, 1.165) is 16.7 Å². The lowest BCUT2D eigenvalue weighted by Gasteiger charge is -1.88. The van der Waals surface area contributed by atoms with Gasteiger partial charge in [0, 0.05) is 0 Å². The molecule has 3 nitrogen and oxygen atoms in total. The van der Waals surface area contributed by atoms with E-state index < -0.39 is 0 Å². The number of aromatic nitrogens is 1. The van der Waals surface area contributed by atoms with Crippen LogP contribution in [0, 0.1) is 6.92 Å². The Kier molecular flexibility index (Phi) is 2.08. The largest absolute Gasteiger partial charge is 0.440 e. The molecule has 14 heavy (non-hydrogen) atoms. The van der Waals surface area contributed by atoms with E-state index in [1.807, 2.05) is 25.1 Å². The molecule has 0 aliphatic carbocycles. The zero-order valence-corrected chi connectivity index (χ0v) is 8.20. The summed E-state index contributed by atoms with van der Waals surface area (Å²) in [5, 5.41) is 0. The average Bonchev–Trinajstić information content (AvgIpc) is 2.47. The Morgan fingerprint density at radius 1 is 1.50 bits per heavy atom. The molecule has 1 aromatic carbocycles. The molecule has 3 heteroatoms. The van der Waals surface area contributed by atoms with E-state index >= 15 is 0 Å². The zero-order chi connectivity index (χ0) is 10.1. The fourth-order valence-electron chi connectivity index (χ4n) is 1.42. The zero-order valence-electron chi connectivity index (χ0n) is 8.20. The summed E-state index contributed by atoms with van der Waals surface area (Å²) in [5.74, 6) is 0.566. The van der Waals surface area contributed by atoms with E-state index in [-0.39, 0.29) is 12.2 Å². The normalized spacial score (nSPS) is 10.7. The second-order valence-electron chi connectivity index (χ2n) is 3.41. The summed E-state index contributed by atoms with van der Waals surface area (Å²) in [4.78, 5) is 15.1. The molecule has 0 spiro atoms. The van der Waals surface area contributed by atoms with Crippen LogP contribution in [-0.4, -0.2) is 10.8 Å². The van der Waals surface area contributed by atoms with Crippen LogP contribution in [0.2, 0.25) is 0 Å². The van der Waals surface area contributed by atoms with Crippen molar-refractivity contribution in [3.05, 3.63) is 29.7 Å². The second-order valence-corrected chi connectivity index (χ2v) is 3.41. The molecule has 0 atom stereocenters. The topological polar surface area (TPSA) is 43.1 Å². The van der Waals surface area contributed by atoms with Crippen LogP contribution in [0.15, 0.2) is 22.6 Å². The Hall–Kier alpha value is -1.64. The molecule has 2 aromatic rings. The van der Waals surface area contributed by atoms with Crippen molar-refractivity contribution in [3.8, 4) is 0 Å². The van der Waals surface area contributed by atoms with Crippen LogP contribution < -0.4 is 0 Å². The van der Waals surface area contributed by atoms with Crippen molar-refractivity contribution in [1.29, 1.82) is 0 Å². The molecule has 0 fully saturated rings. The highest BCUT2D eigenvalue weighted by Gasteiger charge is 2.08. The molecule has 0 saturated carbocycles. The number of fused-ring (bicyclic) bond motifs is 1. The quantitative estimate of drug-likeness (QED) is 0.727. The van der Waals surface area contributed by atoms with Gasteiger partial charge >= 0.3 is 0 Å². The average molecular weight is 189 g/mol. The summed E-state index contributed by atoms with van der Waals surface area (Å²) in [6.07, 6.45) is 0.272. The molecular formula is C11H11NO2. The molecule has 0 bridgehead atoms. The van der Waals surface area contributed by atoms with Crippen molar-refractivity contribution >= 4 is 16.9 Å². The van der Waals surface area contributed by atoms with E-state index in [2.05, 4.69) is 4.98 Å². The number of hydrogen-bond acceptors (Lipinski definition) is 3. The number of oxazole rings is 1. The van der Waals surface area contributed by atoms with E-state index in [0.29, 0.717) is 5.89 Å². The molecule has 1 heterocycles. The fraction of sp³-hybridized carbons (Fsp3) is 0.273. The molecule has 0 unspecified atom stereocenters. The summed E-state index contributed by atoms with van der Waals surface area (Å²) in [6, 6.07) is 5.75. The van der Waals surface area contributed by atoms with Gasteiger partial charge in [0.25, 0.3) is 0 Å². The van der Waals surface area contributed by atoms with Gasteiger partial charge in [-0.1, -0.05) is 12.1 Å². The van der Waals surface area contributed by atoms with Crippen LogP contribution in [0.3, 0.4) is 0 Å². The number of Topliss-reactive ketones (excluding diaryl/α,β-unsaturated/α-hetero) is 1. The SMILES string of the molecule is CC(=O)Cc1nc2c(C)cccc2o1. The number of para-hydroxylation sites is 1. The smallest absolute Gasteiger partial charge is 0.202 e. The summed E-state index contributed by atoms with van der Waals surface area (Å²) < 4.78 is 5.43. The van der Waals surface area contributed by atoms with Crippen molar-refractivity contribution in [1.82, 2.24) is 4.98 Å².